The Morgan fingerprint density at radius 1 is 1.00 bits per heavy atom. The summed E-state index contributed by atoms with van der Waals surface area (Å²) >= 11 is 0. The zero-order valence-corrected chi connectivity index (χ0v) is 12.9. The fraction of sp³-hybridized carbons (Fsp3) is 0.684. The molecule has 2 bridgehead atoms. The van der Waals surface area contributed by atoms with E-state index in [2.05, 4.69) is 29.6 Å². The van der Waals surface area contributed by atoms with Crippen LogP contribution in [-0.2, 0) is 12.8 Å². The first-order valence-corrected chi connectivity index (χ1v) is 8.76. The molecule has 0 aliphatic heterocycles. The molecule has 2 heteroatoms. The summed E-state index contributed by atoms with van der Waals surface area (Å²) in [5, 5.41) is 14.4. The first-order chi connectivity index (χ1) is 10.2. The van der Waals surface area contributed by atoms with Gasteiger partial charge >= 0.3 is 0 Å². The number of hydrogen-bond donors (Lipinski definition) is 2. The van der Waals surface area contributed by atoms with E-state index in [1.807, 2.05) is 0 Å². The molecule has 4 rings (SSSR count). The zero-order chi connectivity index (χ0) is 14.3. The molecule has 0 saturated heterocycles. The van der Waals surface area contributed by atoms with Crippen molar-refractivity contribution in [3.8, 4) is 0 Å². The number of nitrogens with one attached hydrogen (secondary N) is 1. The molecule has 2 nitrogen and oxygen atoms in total. The predicted molar refractivity (Wildman–Crippen MR) is 85.3 cm³/mol. The number of hydrogen-bond acceptors (Lipinski definition) is 2. The highest BCUT2D eigenvalue weighted by Crippen LogP contribution is 2.40. The van der Waals surface area contributed by atoms with Crippen LogP contribution in [0.4, 0.5) is 0 Å². The van der Waals surface area contributed by atoms with Crippen molar-refractivity contribution in [2.75, 3.05) is 6.54 Å². The van der Waals surface area contributed by atoms with Crippen LogP contribution in [-0.4, -0.2) is 23.3 Å². The molecule has 114 valence electrons. The van der Waals surface area contributed by atoms with Gasteiger partial charge in [-0.3, -0.25) is 0 Å². The average molecular weight is 285 g/mol. The van der Waals surface area contributed by atoms with Gasteiger partial charge in [0.2, 0.25) is 0 Å². The number of benzene rings is 1. The first kappa shape index (κ1) is 13.8. The van der Waals surface area contributed by atoms with E-state index in [-0.39, 0.29) is 0 Å². The first-order valence-electron chi connectivity index (χ1n) is 8.76. The van der Waals surface area contributed by atoms with Gasteiger partial charge in [0, 0.05) is 12.6 Å². The van der Waals surface area contributed by atoms with E-state index < -0.39 is 5.60 Å². The van der Waals surface area contributed by atoms with Gasteiger partial charge in [-0.05, 0) is 61.5 Å². The van der Waals surface area contributed by atoms with Crippen molar-refractivity contribution in [1.82, 2.24) is 5.32 Å². The van der Waals surface area contributed by atoms with Crippen molar-refractivity contribution in [1.29, 1.82) is 0 Å². The number of aliphatic hydroxyl groups is 1. The highest BCUT2D eigenvalue weighted by Gasteiger charge is 2.40. The summed E-state index contributed by atoms with van der Waals surface area (Å²) in [6.07, 6.45) is 9.53. The summed E-state index contributed by atoms with van der Waals surface area (Å²) < 4.78 is 0. The molecule has 0 spiro atoms. The minimum atomic E-state index is -0.418. The van der Waals surface area contributed by atoms with Gasteiger partial charge in [-0.1, -0.05) is 37.1 Å². The van der Waals surface area contributed by atoms with Crippen molar-refractivity contribution in [3.05, 3.63) is 35.4 Å². The maximum absolute atomic E-state index is 10.6. The summed E-state index contributed by atoms with van der Waals surface area (Å²) in [6.45, 7) is 0.807. The van der Waals surface area contributed by atoms with Crippen LogP contribution in [0, 0.1) is 11.8 Å². The lowest BCUT2D eigenvalue weighted by molar-refractivity contribution is 0.0417. The Morgan fingerprint density at radius 2 is 1.57 bits per heavy atom. The van der Waals surface area contributed by atoms with E-state index in [4.69, 9.17) is 0 Å². The van der Waals surface area contributed by atoms with E-state index in [9.17, 15) is 5.11 Å². The third-order valence-electron chi connectivity index (χ3n) is 6.21. The van der Waals surface area contributed by atoms with Crippen LogP contribution in [0.1, 0.15) is 49.7 Å². The van der Waals surface area contributed by atoms with Crippen molar-refractivity contribution in [2.45, 2.75) is 63.0 Å². The van der Waals surface area contributed by atoms with Gasteiger partial charge in [0.15, 0.2) is 0 Å². The van der Waals surface area contributed by atoms with Crippen molar-refractivity contribution in [3.63, 3.8) is 0 Å². The van der Waals surface area contributed by atoms with Crippen molar-refractivity contribution < 1.29 is 5.11 Å². The highest BCUT2D eigenvalue weighted by molar-refractivity contribution is 5.30. The molecule has 0 radical (unpaired) electrons. The van der Waals surface area contributed by atoms with E-state index >= 15 is 0 Å². The minimum Gasteiger partial charge on any atom is -0.389 e. The topological polar surface area (TPSA) is 32.3 Å². The average Bonchev–Trinajstić information content (AvgIpc) is 3.01. The lowest BCUT2D eigenvalue weighted by atomic mass is 9.93. The van der Waals surface area contributed by atoms with Gasteiger partial charge in [0.1, 0.15) is 0 Å². The molecule has 0 heterocycles. The van der Waals surface area contributed by atoms with Crippen molar-refractivity contribution >= 4 is 0 Å². The Balaban J connectivity index is 1.47. The van der Waals surface area contributed by atoms with E-state index in [1.54, 1.807) is 11.1 Å². The minimum absolute atomic E-state index is 0.418. The van der Waals surface area contributed by atoms with E-state index in [0.717, 1.165) is 31.2 Å². The second-order valence-electron chi connectivity index (χ2n) is 7.61. The normalized spacial score (nSPS) is 33.7. The zero-order valence-electron chi connectivity index (χ0n) is 12.9. The second kappa shape index (κ2) is 5.40. The maximum Gasteiger partial charge on any atom is 0.0771 e. The molecule has 0 amide bonds. The Bertz CT molecular complexity index is 473. The Hall–Kier alpha value is -0.860. The molecular formula is C19H27NO. The molecule has 3 aliphatic rings. The summed E-state index contributed by atoms with van der Waals surface area (Å²) in [6, 6.07) is 9.61. The summed E-state index contributed by atoms with van der Waals surface area (Å²) in [5.41, 5.74) is 2.71. The molecule has 3 aliphatic carbocycles. The van der Waals surface area contributed by atoms with Crippen LogP contribution < -0.4 is 5.32 Å². The summed E-state index contributed by atoms with van der Waals surface area (Å²) in [4.78, 5) is 0. The fourth-order valence-corrected chi connectivity index (χ4v) is 5.00. The largest absolute Gasteiger partial charge is 0.389 e. The second-order valence-corrected chi connectivity index (χ2v) is 7.61. The van der Waals surface area contributed by atoms with E-state index in [1.165, 1.54) is 38.5 Å². The smallest absolute Gasteiger partial charge is 0.0771 e. The molecular weight excluding hydrogens is 258 g/mol. The standard InChI is InChI=1S/C19H27NO/c21-19(9-3-4-10-19)13-20-18-16-7-8-17(18)12-15-6-2-1-5-14(15)11-16/h1-2,5-6,16-18,20-21H,3-4,7-13H2. The van der Waals surface area contributed by atoms with Gasteiger partial charge in [-0.15, -0.1) is 0 Å². The Labute approximate surface area is 128 Å². The predicted octanol–water partition coefficient (Wildman–Crippen LogP) is 3.07. The van der Waals surface area contributed by atoms with Crippen LogP contribution in [0.15, 0.2) is 24.3 Å². The SMILES string of the molecule is OC1(CNC2C3CCC2Cc2ccccc2C3)CCCC1. The van der Waals surface area contributed by atoms with Gasteiger partial charge in [-0.25, -0.2) is 0 Å². The summed E-state index contributed by atoms with van der Waals surface area (Å²) in [5.74, 6) is 1.53. The molecule has 2 N–H and O–H groups in total. The Kier molecular flexibility index (Phi) is 3.55. The maximum atomic E-state index is 10.6. The third-order valence-corrected chi connectivity index (χ3v) is 6.21. The molecule has 2 saturated carbocycles. The molecule has 2 fully saturated rings. The highest BCUT2D eigenvalue weighted by atomic mass is 16.3. The molecule has 2 atom stereocenters. The van der Waals surface area contributed by atoms with Crippen LogP contribution in [0.25, 0.3) is 0 Å². The van der Waals surface area contributed by atoms with Gasteiger partial charge in [0.25, 0.3) is 0 Å². The van der Waals surface area contributed by atoms with Gasteiger partial charge < -0.3 is 10.4 Å². The van der Waals surface area contributed by atoms with E-state index in [0.29, 0.717) is 6.04 Å². The van der Waals surface area contributed by atoms with Crippen LogP contribution in [0.5, 0.6) is 0 Å². The van der Waals surface area contributed by atoms with Crippen LogP contribution in [0.2, 0.25) is 0 Å². The molecule has 0 aromatic heterocycles. The molecule has 1 aromatic carbocycles. The third kappa shape index (κ3) is 2.64. The van der Waals surface area contributed by atoms with Crippen LogP contribution in [0.3, 0.4) is 0 Å². The van der Waals surface area contributed by atoms with Gasteiger partial charge in [0.05, 0.1) is 5.60 Å². The molecule has 2 unspecified atom stereocenters. The fourth-order valence-electron chi connectivity index (χ4n) is 5.00. The molecule has 21 heavy (non-hydrogen) atoms. The number of fused-ring (bicyclic) bond motifs is 3. The monoisotopic (exact) mass is 285 g/mol. The summed E-state index contributed by atoms with van der Waals surface area (Å²) in [7, 11) is 0. The number of rotatable bonds is 3. The van der Waals surface area contributed by atoms with Gasteiger partial charge in [-0.2, -0.15) is 0 Å². The van der Waals surface area contributed by atoms with Crippen LogP contribution >= 0.6 is 0 Å². The quantitative estimate of drug-likeness (QED) is 0.894. The lowest BCUT2D eigenvalue weighted by Gasteiger charge is -2.29. The van der Waals surface area contributed by atoms with Crippen molar-refractivity contribution in [2.24, 2.45) is 11.8 Å². The lowest BCUT2D eigenvalue weighted by Crippen LogP contribution is -2.46. The molecule has 1 aromatic rings. The Morgan fingerprint density at radius 3 is 2.14 bits per heavy atom.